The number of benzene rings is 4. The zero-order valence-electron chi connectivity index (χ0n) is 28.6. The van der Waals surface area contributed by atoms with Gasteiger partial charge in [-0.3, -0.25) is 0 Å². The van der Waals surface area contributed by atoms with Crippen LogP contribution in [-0.4, -0.2) is 30.4 Å². The van der Waals surface area contributed by atoms with Gasteiger partial charge in [0, 0.05) is 33.4 Å². The van der Waals surface area contributed by atoms with Gasteiger partial charge in [-0.2, -0.15) is 15.0 Å². The van der Waals surface area contributed by atoms with Crippen LogP contribution in [0, 0.1) is 62.3 Å². The number of nitrogens with zero attached hydrogens (tertiary/aromatic N) is 6. The molecule has 0 atom stereocenters. The van der Waals surface area contributed by atoms with Gasteiger partial charge in [-0.25, -0.2) is 0 Å². The van der Waals surface area contributed by atoms with Gasteiger partial charge in [-0.05, 0) is 167 Å². The van der Waals surface area contributed by atoms with Crippen LogP contribution in [0.5, 0.6) is 0 Å². The summed E-state index contributed by atoms with van der Waals surface area (Å²) in [6.07, 6.45) is 0. The van der Waals surface area contributed by atoms with Crippen molar-refractivity contribution in [1.29, 1.82) is 0 Å². The van der Waals surface area contributed by atoms with Crippen LogP contribution < -0.4 is 0 Å². The molecule has 0 radical (unpaired) electrons. The van der Waals surface area contributed by atoms with Gasteiger partial charge in [0.25, 0.3) is 17.7 Å². The highest BCUT2D eigenvalue weighted by molar-refractivity contribution is 5.75. The fraction of sp³-hybridized carbons (Fsp3) is 0.231. The number of aromatic nitrogens is 6. The van der Waals surface area contributed by atoms with E-state index in [4.69, 9.17) is 28.5 Å². The van der Waals surface area contributed by atoms with Crippen molar-refractivity contribution < 1.29 is 13.6 Å². The lowest BCUT2D eigenvalue weighted by Gasteiger charge is -2.06. The van der Waals surface area contributed by atoms with Gasteiger partial charge in [0.2, 0.25) is 17.5 Å². The first-order valence-electron chi connectivity index (χ1n) is 15.9. The van der Waals surface area contributed by atoms with E-state index >= 15 is 0 Å². The Bertz CT molecular complexity index is 2020. The molecule has 0 aliphatic carbocycles. The zero-order chi connectivity index (χ0) is 33.9. The number of aryl methyl sites for hydroxylation is 6. The van der Waals surface area contributed by atoms with E-state index in [0.29, 0.717) is 51.8 Å². The molecular formula is C39H36N6O3. The van der Waals surface area contributed by atoms with Crippen molar-refractivity contribution in [2.75, 3.05) is 0 Å². The van der Waals surface area contributed by atoms with Crippen molar-refractivity contribution in [2.45, 2.75) is 62.3 Å². The summed E-state index contributed by atoms with van der Waals surface area (Å²) in [5.74, 6) is 2.49. The van der Waals surface area contributed by atoms with Crippen LogP contribution in [0.15, 0.2) is 68.2 Å². The third-order valence-electron chi connectivity index (χ3n) is 9.51. The standard InChI is InChI=1S/C39H36N6O3/c1-19-10-28(11-20(2)25(19)7)34-40-37(46-43-34)31-16-32(38-41-35(44-47-38)29-12-21(3)26(8)22(4)13-29)18-33(17-31)39-42-36(45-48-39)30-14-23(5)27(9)24(6)15-30/h10-18H,1-9H3. The molecule has 3 heterocycles. The second-order valence-corrected chi connectivity index (χ2v) is 12.8. The first-order valence-corrected chi connectivity index (χ1v) is 15.9. The molecule has 0 fully saturated rings. The monoisotopic (exact) mass is 636 g/mol. The number of hydrogen-bond acceptors (Lipinski definition) is 9. The maximum absolute atomic E-state index is 5.83. The molecule has 0 amide bonds. The molecule has 0 spiro atoms. The summed E-state index contributed by atoms with van der Waals surface area (Å²) in [4.78, 5) is 14.3. The molecule has 0 bridgehead atoms. The summed E-state index contributed by atoms with van der Waals surface area (Å²) in [6, 6.07) is 18.1. The van der Waals surface area contributed by atoms with Gasteiger partial charge in [0.1, 0.15) is 0 Å². The van der Waals surface area contributed by atoms with E-state index in [-0.39, 0.29) is 0 Å². The van der Waals surface area contributed by atoms with Crippen LogP contribution in [0.25, 0.3) is 68.5 Å². The second-order valence-electron chi connectivity index (χ2n) is 12.8. The second kappa shape index (κ2) is 11.8. The molecule has 3 aromatic heterocycles. The third kappa shape index (κ3) is 5.61. The predicted octanol–water partition coefficient (Wildman–Crippen LogP) is 9.61. The van der Waals surface area contributed by atoms with Crippen molar-refractivity contribution in [1.82, 2.24) is 30.4 Å². The fourth-order valence-electron chi connectivity index (χ4n) is 5.87. The molecule has 0 saturated heterocycles. The molecule has 7 rings (SSSR count). The number of hydrogen-bond donors (Lipinski definition) is 0. The molecule has 0 aliphatic heterocycles. The van der Waals surface area contributed by atoms with Crippen molar-refractivity contribution in [3.8, 4) is 68.5 Å². The van der Waals surface area contributed by atoms with E-state index in [1.807, 2.05) is 18.2 Å². The Kier molecular flexibility index (Phi) is 7.62. The lowest BCUT2D eigenvalue weighted by Crippen LogP contribution is -1.91. The zero-order valence-corrected chi connectivity index (χ0v) is 28.6. The first kappa shape index (κ1) is 30.9. The van der Waals surface area contributed by atoms with E-state index < -0.39 is 0 Å². The Morgan fingerprint density at radius 2 is 0.542 bits per heavy atom. The topological polar surface area (TPSA) is 117 Å². The maximum Gasteiger partial charge on any atom is 0.258 e. The van der Waals surface area contributed by atoms with Gasteiger partial charge < -0.3 is 13.6 Å². The lowest BCUT2D eigenvalue weighted by molar-refractivity contribution is 0.429. The Morgan fingerprint density at radius 1 is 0.312 bits per heavy atom. The van der Waals surface area contributed by atoms with Gasteiger partial charge in [-0.15, -0.1) is 0 Å². The maximum atomic E-state index is 5.83. The van der Waals surface area contributed by atoms with Crippen LogP contribution in [-0.2, 0) is 0 Å². The Labute approximate surface area is 279 Å². The van der Waals surface area contributed by atoms with Gasteiger partial charge in [0.15, 0.2) is 0 Å². The molecule has 48 heavy (non-hydrogen) atoms. The molecule has 240 valence electrons. The highest BCUT2D eigenvalue weighted by atomic mass is 16.5. The van der Waals surface area contributed by atoms with Crippen molar-refractivity contribution >= 4 is 0 Å². The molecule has 9 heteroatoms. The Morgan fingerprint density at radius 3 is 0.771 bits per heavy atom. The first-order chi connectivity index (χ1) is 22.9. The Balaban J connectivity index is 1.33. The molecule has 0 aliphatic rings. The van der Waals surface area contributed by atoms with Gasteiger partial charge in [0.05, 0.1) is 0 Å². The Hall–Kier alpha value is -5.70. The fourth-order valence-corrected chi connectivity index (χ4v) is 5.87. The molecule has 9 nitrogen and oxygen atoms in total. The van der Waals surface area contributed by atoms with Crippen LogP contribution in [0.3, 0.4) is 0 Å². The summed E-state index contributed by atoms with van der Waals surface area (Å²) in [5.41, 5.74) is 15.3. The average Bonchev–Trinajstić information content (AvgIpc) is 3.86. The van der Waals surface area contributed by atoms with Crippen LogP contribution in [0.1, 0.15) is 50.1 Å². The molecule has 0 saturated carbocycles. The molecular weight excluding hydrogens is 600 g/mol. The van der Waals surface area contributed by atoms with E-state index in [1.165, 1.54) is 16.7 Å². The SMILES string of the molecule is Cc1cc(-c2noc(-c3cc(-c4nc(-c5cc(C)c(C)c(C)c5)no4)cc(-c4nc(-c5cc(C)c(C)c(C)c5)no4)c3)n2)cc(C)c1C. The minimum absolute atomic E-state index is 0.332. The summed E-state index contributed by atoms with van der Waals surface area (Å²) < 4.78 is 17.5. The van der Waals surface area contributed by atoms with E-state index in [2.05, 4.69) is 114 Å². The molecule has 4 aromatic carbocycles. The van der Waals surface area contributed by atoms with Crippen LogP contribution in [0.2, 0.25) is 0 Å². The van der Waals surface area contributed by atoms with E-state index in [0.717, 1.165) is 50.1 Å². The normalized spacial score (nSPS) is 11.4. The highest BCUT2D eigenvalue weighted by Crippen LogP contribution is 2.35. The van der Waals surface area contributed by atoms with Crippen LogP contribution >= 0.6 is 0 Å². The largest absolute Gasteiger partial charge is 0.334 e. The minimum atomic E-state index is 0.332. The predicted molar refractivity (Wildman–Crippen MR) is 185 cm³/mol. The molecule has 0 N–H and O–H groups in total. The quantitative estimate of drug-likeness (QED) is 0.176. The van der Waals surface area contributed by atoms with E-state index in [1.54, 1.807) is 0 Å². The van der Waals surface area contributed by atoms with E-state index in [9.17, 15) is 0 Å². The van der Waals surface area contributed by atoms with Gasteiger partial charge in [-0.1, -0.05) is 15.5 Å². The van der Waals surface area contributed by atoms with Crippen LogP contribution in [0.4, 0.5) is 0 Å². The summed E-state index contributed by atoms with van der Waals surface area (Å²) in [5, 5.41) is 13.0. The van der Waals surface area contributed by atoms with Crippen molar-refractivity contribution in [3.05, 3.63) is 105 Å². The summed E-state index contributed by atoms with van der Waals surface area (Å²) in [7, 11) is 0. The van der Waals surface area contributed by atoms with Gasteiger partial charge >= 0.3 is 0 Å². The average molecular weight is 637 g/mol. The van der Waals surface area contributed by atoms with Crippen molar-refractivity contribution in [2.24, 2.45) is 0 Å². The summed E-state index contributed by atoms with van der Waals surface area (Å²) in [6.45, 7) is 18.8. The smallest absolute Gasteiger partial charge is 0.258 e. The number of rotatable bonds is 6. The summed E-state index contributed by atoms with van der Waals surface area (Å²) >= 11 is 0. The highest BCUT2D eigenvalue weighted by Gasteiger charge is 2.21. The molecule has 7 aromatic rings. The molecule has 0 unspecified atom stereocenters. The third-order valence-corrected chi connectivity index (χ3v) is 9.51. The van der Waals surface area contributed by atoms with Crippen molar-refractivity contribution in [3.63, 3.8) is 0 Å². The minimum Gasteiger partial charge on any atom is -0.334 e. The lowest BCUT2D eigenvalue weighted by atomic mass is 10.0.